The summed E-state index contributed by atoms with van der Waals surface area (Å²) < 4.78 is 21.6. The van der Waals surface area contributed by atoms with Gasteiger partial charge in [-0.15, -0.1) is 0 Å². The number of amides is 1. The fourth-order valence-corrected chi connectivity index (χ4v) is 4.53. The minimum Gasteiger partial charge on any atom is -0.440 e. The highest BCUT2D eigenvalue weighted by Gasteiger charge is 2.25. The van der Waals surface area contributed by atoms with Gasteiger partial charge in [0.2, 0.25) is 11.9 Å². The third kappa shape index (κ3) is 7.30. The van der Waals surface area contributed by atoms with Crippen molar-refractivity contribution in [2.24, 2.45) is 11.7 Å². The van der Waals surface area contributed by atoms with Crippen molar-refractivity contribution >= 4 is 28.6 Å². The summed E-state index contributed by atoms with van der Waals surface area (Å²) in [5.41, 5.74) is 10.0. The predicted molar refractivity (Wildman–Crippen MR) is 165 cm³/mol. The van der Waals surface area contributed by atoms with Crippen LogP contribution in [0.3, 0.4) is 0 Å². The second-order valence-corrected chi connectivity index (χ2v) is 10.9. The van der Waals surface area contributed by atoms with Crippen molar-refractivity contribution in [2.45, 2.75) is 39.5 Å². The predicted octanol–water partition coefficient (Wildman–Crippen LogP) is 4.82. The molecule has 4 rings (SSSR count). The first-order valence-corrected chi connectivity index (χ1v) is 14.1. The van der Waals surface area contributed by atoms with Gasteiger partial charge >= 0.3 is 5.97 Å². The molecule has 0 aliphatic heterocycles. The highest BCUT2D eigenvalue weighted by molar-refractivity contribution is 6.01. The lowest BCUT2D eigenvalue weighted by molar-refractivity contribution is -0.155. The van der Waals surface area contributed by atoms with E-state index in [9.17, 15) is 14.0 Å². The van der Waals surface area contributed by atoms with E-state index in [-0.39, 0.29) is 11.8 Å². The van der Waals surface area contributed by atoms with Gasteiger partial charge in [0.15, 0.2) is 6.23 Å². The zero-order valence-corrected chi connectivity index (χ0v) is 25.4. The Kier molecular flexibility index (Phi) is 9.99. The molecule has 1 amide bonds. The highest BCUT2D eigenvalue weighted by Crippen LogP contribution is 2.35. The van der Waals surface area contributed by atoms with Gasteiger partial charge in [-0.2, -0.15) is 4.39 Å². The number of aromatic nitrogens is 4. The Labute approximate surface area is 251 Å². The van der Waals surface area contributed by atoms with Crippen molar-refractivity contribution in [2.75, 3.05) is 32.6 Å². The summed E-state index contributed by atoms with van der Waals surface area (Å²) in [6, 6.07) is 6.07. The van der Waals surface area contributed by atoms with E-state index < -0.39 is 24.2 Å². The number of pyridine rings is 3. The Morgan fingerprint density at radius 2 is 1.81 bits per heavy atom. The number of hydrogen-bond acceptors (Lipinski definition) is 8. The molecule has 0 bridgehead atoms. The van der Waals surface area contributed by atoms with E-state index >= 15 is 0 Å². The Balaban J connectivity index is 1.73. The number of ether oxygens (including phenoxy) is 1. The number of rotatable bonds is 11. The van der Waals surface area contributed by atoms with Crippen LogP contribution in [0.1, 0.15) is 33.4 Å². The first-order chi connectivity index (χ1) is 20.5. The van der Waals surface area contributed by atoms with E-state index in [1.54, 1.807) is 55.5 Å². The number of likely N-dealkylation sites (N-methyl/N-ethyl adjacent to an activating group) is 2. The van der Waals surface area contributed by atoms with Crippen molar-refractivity contribution in [1.29, 1.82) is 0 Å². The third-order valence-corrected chi connectivity index (χ3v) is 7.42. The molecule has 10 nitrogen and oxygen atoms in total. The van der Waals surface area contributed by atoms with Crippen LogP contribution in [-0.2, 0) is 14.3 Å². The molecule has 0 spiro atoms. The van der Waals surface area contributed by atoms with E-state index in [1.165, 1.54) is 23.2 Å². The zero-order valence-electron chi connectivity index (χ0n) is 25.4. The molecule has 0 aromatic carbocycles. The number of hydrogen-bond donors (Lipinski definition) is 1. The average Bonchev–Trinajstić information content (AvgIpc) is 3.38. The summed E-state index contributed by atoms with van der Waals surface area (Å²) in [4.78, 5) is 41.7. The van der Waals surface area contributed by atoms with Crippen LogP contribution in [-0.4, -0.2) is 70.0 Å². The number of halogens is 1. The van der Waals surface area contributed by atoms with E-state index in [0.717, 1.165) is 17.5 Å². The van der Waals surface area contributed by atoms with Crippen LogP contribution >= 0.6 is 0 Å². The number of nitrogens with two attached hydrogens (primary N) is 1. The molecule has 226 valence electrons. The molecule has 2 N–H and O–H groups in total. The molecule has 0 aliphatic rings. The second-order valence-electron chi connectivity index (χ2n) is 10.9. The van der Waals surface area contributed by atoms with Crippen LogP contribution in [0.2, 0.25) is 0 Å². The largest absolute Gasteiger partial charge is 0.440 e. The Hall–Kier alpha value is -4.48. The normalized spacial score (nSPS) is 13.8. The van der Waals surface area contributed by atoms with E-state index in [1.807, 2.05) is 45.0 Å². The van der Waals surface area contributed by atoms with Gasteiger partial charge in [0.25, 0.3) is 0 Å². The maximum atomic E-state index is 14.2. The molecule has 4 aromatic heterocycles. The summed E-state index contributed by atoms with van der Waals surface area (Å²) in [6.07, 6.45) is 11.5. The van der Waals surface area contributed by atoms with Crippen molar-refractivity contribution in [3.05, 3.63) is 73.3 Å². The summed E-state index contributed by atoms with van der Waals surface area (Å²) in [6.45, 7) is 6.25. The van der Waals surface area contributed by atoms with Gasteiger partial charge in [-0.25, -0.2) is 9.97 Å². The van der Waals surface area contributed by atoms with Gasteiger partial charge in [-0.3, -0.25) is 19.1 Å². The number of nitrogens with zero attached hydrogens (tertiary/aromatic N) is 6. The third-order valence-electron chi connectivity index (χ3n) is 7.42. The van der Waals surface area contributed by atoms with Crippen LogP contribution < -0.4 is 10.6 Å². The van der Waals surface area contributed by atoms with Gasteiger partial charge in [0.1, 0.15) is 11.7 Å². The SMILES string of the molecule is CC[C@H](C)[C@H](N)C(=O)OC(C)n1cc(-c2ccnc(F)c2)c2cc(-c3cncc(N(C)C(=O)/C=C/CN(C)C)c3)cnc21. The Morgan fingerprint density at radius 1 is 1.07 bits per heavy atom. The molecular formula is C32H38FN7O3. The lowest BCUT2D eigenvalue weighted by atomic mass is 10.0. The standard InChI is InChI=1S/C32H38FN7O3/c1-7-20(2)30(34)32(42)43-21(3)40-19-27(22-10-11-36-28(33)15-22)26-14-24(17-37-31(26)40)23-13-25(18-35-16-23)39(6)29(41)9-8-12-38(4)5/h8-11,13-21,30H,7,12,34H2,1-6H3/b9-8+/t20-,21?,30-/m0/s1. The monoisotopic (exact) mass is 587 g/mol. The number of anilines is 1. The van der Waals surface area contributed by atoms with Crippen LogP contribution in [0, 0.1) is 11.9 Å². The van der Waals surface area contributed by atoms with Crippen molar-refractivity contribution < 1.29 is 18.7 Å². The summed E-state index contributed by atoms with van der Waals surface area (Å²) >= 11 is 0. The van der Waals surface area contributed by atoms with E-state index in [4.69, 9.17) is 15.5 Å². The van der Waals surface area contributed by atoms with Gasteiger partial charge in [0, 0.05) is 72.6 Å². The molecule has 0 saturated heterocycles. The van der Waals surface area contributed by atoms with Crippen molar-refractivity contribution in [1.82, 2.24) is 24.4 Å². The number of fused-ring (bicyclic) bond motifs is 1. The first kappa shape index (κ1) is 31.5. The number of carbonyl (C=O) groups is 2. The number of carbonyl (C=O) groups excluding carboxylic acids is 2. The minimum absolute atomic E-state index is 0.0371. The highest BCUT2D eigenvalue weighted by atomic mass is 19.1. The first-order valence-electron chi connectivity index (χ1n) is 14.1. The zero-order chi connectivity index (χ0) is 31.3. The molecule has 11 heteroatoms. The molecule has 43 heavy (non-hydrogen) atoms. The summed E-state index contributed by atoms with van der Waals surface area (Å²) in [7, 11) is 5.55. The molecule has 4 aromatic rings. The quantitative estimate of drug-likeness (QED) is 0.151. The summed E-state index contributed by atoms with van der Waals surface area (Å²) in [5, 5.41) is 0.707. The molecule has 0 radical (unpaired) electrons. The van der Waals surface area contributed by atoms with Crippen LogP contribution in [0.15, 0.2) is 67.4 Å². The number of esters is 1. The smallest absolute Gasteiger partial charge is 0.325 e. The lowest BCUT2D eigenvalue weighted by Crippen LogP contribution is -2.38. The van der Waals surface area contributed by atoms with Crippen LogP contribution in [0.4, 0.5) is 10.1 Å². The molecule has 0 fully saturated rings. The second kappa shape index (κ2) is 13.7. The molecule has 0 aliphatic carbocycles. The molecule has 1 unspecified atom stereocenters. The average molecular weight is 588 g/mol. The van der Waals surface area contributed by atoms with E-state index in [2.05, 4.69) is 9.97 Å². The summed E-state index contributed by atoms with van der Waals surface area (Å²) in [5.74, 6) is -1.34. The van der Waals surface area contributed by atoms with E-state index in [0.29, 0.717) is 34.4 Å². The minimum atomic E-state index is -0.754. The van der Waals surface area contributed by atoms with Gasteiger partial charge in [0.05, 0.1) is 11.9 Å². The maximum Gasteiger partial charge on any atom is 0.325 e. The van der Waals surface area contributed by atoms with Crippen LogP contribution in [0.5, 0.6) is 0 Å². The lowest BCUT2D eigenvalue weighted by Gasteiger charge is -2.21. The fraction of sp³-hybridized carbons (Fsp3) is 0.344. The Morgan fingerprint density at radius 3 is 2.51 bits per heavy atom. The molecule has 4 heterocycles. The van der Waals surface area contributed by atoms with Crippen molar-refractivity contribution in [3.63, 3.8) is 0 Å². The van der Waals surface area contributed by atoms with Gasteiger partial charge in [-0.1, -0.05) is 26.3 Å². The van der Waals surface area contributed by atoms with Gasteiger partial charge < -0.3 is 20.3 Å². The maximum absolute atomic E-state index is 14.2. The van der Waals surface area contributed by atoms with Crippen molar-refractivity contribution in [3.8, 4) is 22.3 Å². The molecule has 3 atom stereocenters. The van der Waals surface area contributed by atoms with Crippen LogP contribution in [0.25, 0.3) is 33.3 Å². The Bertz CT molecular complexity index is 1630. The van der Waals surface area contributed by atoms with Gasteiger partial charge in [-0.05, 0) is 50.7 Å². The fourth-order valence-electron chi connectivity index (χ4n) is 4.53. The molecular weight excluding hydrogens is 549 g/mol. The topological polar surface area (TPSA) is 119 Å². The molecule has 0 saturated carbocycles.